The van der Waals surface area contributed by atoms with Crippen LogP contribution in [0.4, 0.5) is 13.2 Å². The zero-order chi connectivity index (χ0) is 22.7. The molecule has 0 fully saturated rings. The van der Waals surface area contributed by atoms with Crippen molar-refractivity contribution in [1.82, 2.24) is 29.7 Å². The summed E-state index contributed by atoms with van der Waals surface area (Å²) >= 11 is 6.61. The molecule has 3 aromatic heterocycles. The number of hydrogen-bond donors (Lipinski definition) is 1. The topological polar surface area (TPSA) is 72.3 Å². The molecule has 4 rings (SSSR count). The van der Waals surface area contributed by atoms with Crippen LogP contribution in [0.25, 0.3) is 34.1 Å². The van der Waals surface area contributed by atoms with Gasteiger partial charge in [0, 0.05) is 18.0 Å². The SMILES string of the molecule is Cc1nc(-c2ccccc2C(F)(F)F)nc2nc(-c3c(Cl)c(C(C)(C)C)nn3C)[nH]c12.[NaH]. The van der Waals surface area contributed by atoms with E-state index in [-0.39, 0.29) is 52.0 Å². The van der Waals surface area contributed by atoms with E-state index in [0.717, 1.165) is 11.8 Å². The summed E-state index contributed by atoms with van der Waals surface area (Å²) in [5.41, 5.74) is 1.37. The van der Waals surface area contributed by atoms with Gasteiger partial charge in [0.1, 0.15) is 11.2 Å². The molecular formula is C21H21ClF3N6Na. The molecule has 1 aromatic carbocycles. The number of alkyl halides is 3. The van der Waals surface area contributed by atoms with Crippen molar-refractivity contribution >= 4 is 52.3 Å². The van der Waals surface area contributed by atoms with Crippen LogP contribution < -0.4 is 0 Å². The quantitative estimate of drug-likeness (QED) is 0.414. The summed E-state index contributed by atoms with van der Waals surface area (Å²) in [6.07, 6.45) is -4.52. The third kappa shape index (κ3) is 4.31. The Labute approximate surface area is 209 Å². The number of fused-ring (bicyclic) bond motifs is 1. The molecule has 0 aliphatic carbocycles. The predicted molar refractivity (Wildman–Crippen MR) is 120 cm³/mol. The van der Waals surface area contributed by atoms with Crippen LogP contribution in [0.15, 0.2) is 24.3 Å². The van der Waals surface area contributed by atoms with Gasteiger partial charge in [0.25, 0.3) is 0 Å². The predicted octanol–water partition coefficient (Wildman–Crippen LogP) is 5.05. The summed E-state index contributed by atoms with van der Waals surface area (Å²) in [6, 6.07) is 5.22. The number of aromatic nitrogens is 6. The summed E-state index contributed by atoms with van der Waals surface area (Å²) in [4.78, 5) is 16.3. The number of halogens is 4. The molecule has 3 heterocycles. The number of hydrogen-bond acceptors (Lipinski definition) is 4. The van der Waals surface area contributed by atoms with Crippen LogP contribution in [-0.4, -0.2) is 59.3 Å². The van der Waals surface area contributed by atoms with Crippen molar-refractivity contribution in [2.75, 3.05) is 0 Å². The molecule has 0 atom stereocenters. The van der Waals surface area contributed by atoms with E-state index < -0.39 is 11.7 Å². The van der Waals surface area contributed by atoms with Gasteiger partial charge in [-0.1, -0.05) is 50.6 Å². The van der Waals surface area contributed by atoms with E-state index in [1.165, 1.54) is 18.2 Å². The number of imidazole rings is 1. The molecule has 0 saturated carbocycles. The van der Waals surface area contributed by atoms with E-state index in [1.54, 1.807) is 18.7 Å². The molecule has 0 unspecified atom stereocenters. The standard InChI is InChI=1S/C21H20ClF3N6.Na.H/c1-10-14-18(28-17(26-10)11-8-6-7-9-12(11)21(23,24)25)29-19(27-14)15-13(22)16(20(2,3)4)30-31(15)5;;/h6-9H,1-5H3,(H,26,27,28,29);;. The van der Waals surface area contributed by atoms with Crippen LogP contribution in [0.5, 0.6) is 0 Å². The minimum absolute atomic E-state index is 0. The van der Waals surface area contributed by atoms with Crippen molar-refractivity contribution in [3.63, 3.8) is 0 Å². The zero-order valence-electron chi connectivity index (χ0n) is 17.6. The van der Waals surface area contributed by atoms with Crippen LogP contribution in [-0.2, 0) is 18.6 Å². The van der Waals surface area contributed by atoms with E-state index >= 15 is 0 Å². The van der Waals surface area contributed by atoms with E-state index in [0.29, 0.717) is 27.8 Å². The van der Waals surface area contributed by atoms with Gasteiger partial charge in [-0.2, -0.15) is 18.3 Å². The summed E-state index contributed by atoms with van der Waals surface area (Å²) in [7, 11) is 1.76. The molecule has 0 radical (unpaired) electrons. The van der Waals surface area contributed by atoms with Crippen LogP contribution in [0, 0.1) is 6.92 Å². The Morgan fingerprint density at radius 3 is 2.28 bits per heavy atom. The van der Waals surface area contributed by atoms with E-state index in [2.05, 4.69) is 25.0 Å². The first-order chi connectivity index (χ1) is 14.4. The molecule has 0 amide bonds. The molecule has 0 spiro atoms. The Morgan fingerprint density at radius 2 is 1.69 bits per heavy atom. The summed E-state index contributed by atoms with van der Waals surface area (Å²) in [6.45, 7) is 7.70. The second kappa shape index (κ2) is 8.44. The molecule has 164 valence electrons. The van der Waals surface area contributed by atoms with Gasteiger partial charge in [0.2, 0.25) is 0 Å². The number of aromatic amines is 1. The van der Waals surface area contributed by atoms with E-state index in [1.807, 2.05) is 20.8 Å². The molecule has 0 aliphatic heterocycles. The Bertz CT molecular complexity index is 1300. The number of aryl methyl sites for hydroxylation is 2. The van der Waals surface area contributed by atoms with Crippen molar-refractivity contribution in [3.8, 4) is 22.9 Å². The molecule has 1 N–H and O–H groups in total. The minimum atomic E-state index is -4.52. The van der Waals surface area contributed by atoms with Crippen LogP contribution in [0.1, 0.15) is 37.7 Å². The Kier molecular flexibility index (Phi) is 6.52. The normalized spacial score (nSPS) is 12.3. The first kappa shape index (κ1) is 24.7. The maximum atomic E-state index is 13.5. The first-order valence-electron chi connectivity index (χ1n) is 9.52. The van der Waals surface area contributed by atoms with Gasteiger partial charge in [-0.05, 0) is 13.0 Å². The Morgan fingerprint density at radius 1 is 1.03 bits per heavy atom. The third-order valence-corrected chi connectivity index (χ3v) is 5.29. The van der Waals surface area contributed by atoms with E-state index in [4.69, 9.17) is 11.6 Å². The van der Waals surface area contributed by atoms with Gasteiger partial charge in [0.15, 0.2) is 17.3 Å². The van der Waals surface area contributed by atoms with Crippen molar-refractivity contribution in [1.29, 1.82) is 0 Å². The summed E-state index contributed by atoms with van der Waals surface area (Å²) < 4.78 is 42.0. The van der Waals surface area contributed by atoms with Gasteiger partial charge in [-0.25, -0.2) is 15.0 Å². The van der Waals surface area contributed by atoms with Crippen molar-refractivity contribution in [2.24, 2.45) is 7.05 Å². The molecule has 4 aromatic rings. The van der Waals surface area contributed by atoms with Crippen LogP contribution in [0.2, 0.25) is 5.02 Å². The molecule has 0 aliphatic rings. The number of nitrogens with zero attached hydrogens (tertiary/aromatic N) is 5. The second-order valence-electron chi connectivity index (χ2n) is 8.34. The average Bonchev–Trinajstić information content (AvgIpc) is 3.21. The third-order valence-electron chi connectivity index (χ3n) is 4.93. The number of H-pyrrole nitrogens is 1. The van der Waals surface area contributed by atoms with Crippen molar-refractivity contribution < 1.29 is 13.2 Å². The summed E-state index contributed by atoms with van der Waals surface area (Å²) in [5.74, 6) is 0.381. The number of benzene rings is 1. The van der Waals surface area contributed by atoms with Crippen LogP contribution in [0.3, 0.4) is 0 Å². The Hall–Kier alpha value is -1.94. The van der Waals surface area contributed by atoms with Gasteiger partial charge >= 0.3 is 35.7 Å². The fraction of sp³-hybridized carbons (Fsp3) is 0.333. The molecule has 0 bridgehead atoms. The maximum absolute atomic E-state index is 13.5. The van der Waals surface area contributed by atoms with Gasteiger partial charge in [-0.3, -0.25) is 4.68 Å². The van der Waals surface area contributed by atoms with Crippen molar-refractivity contribution in [3.05, 3.63) is 46.2 Å². The molecule has 0 saturated heterocycles. The average molecular weight is 473 g/mol. The van der Waals surface area contributed by atoms with Gasteiger partial charge in [-0.15, -0.1) is 0 Å². The Balaban J connectivity index is 0.00000289. The number of rotatable bonds is 2. The van der Waals surface area contributed by atoms with E-state index in [9.17, 15) is 13.2 Å². The number of nitrogens with one attached hydrogen (secondary N) is 1. The van der Waals surface area contributed by atoms with Crippen LogP contribution >= 0.6 is 11.6 Å². The van der Waals surface area contributed by atoms with Crippen molar-refractivity contribution in [2.45, 2.75) is 39.3 Å². The first-order valence-corrected chi connectivity index (χ1v) is 9.90. The molecule has 6 nitrogen and oxygen atoms in total. The summed E-state index contributed by atoms with van der Waals surface area (Å²) in [5, 5.41) is 4.98. The molecule has 11 heteroatoms. The second-order valence-corrected chi connectivity index (χ2v) is 8.72. The monoisotopic (exact) mass is 472 g/mol. The van der Waals surface area contributed by atoms with Gasteiger partial charge < -0.3 is 4.98 Å². The molecule has 32 heavy (non-hydrogen) atoms. The fourth-order valence-electron chi connectivity index (χ4n) is 3.43. The zero-order valence-corrected chi connectivity index (χ0v) is 18.3. The fourth-order valence-corrected chi connectivity index (χ4v) is 3.96. The molecular weight excluding hydrogens is 452 g/mol. The van der Waals surface area contributed by atoms with Gasteiger partial charge in [0.05, 0.1) is 22.0 Å².